The Kier molecular flexibility index (Phi) is 7.76. The number of para-hydroxylation sites is 2. The van der Waals surface area contributed by atoms with Crippen LogP contribution in [0.3, 0.4) is 0 Å². The van der Waals surface area contributed by atoms with E-state index in [0.717, 1.165) is 33.1 Å². The Bertz CT molecular complexity index is 1940. The zero-order valence-electron chi connectivity index (χ0n) is 26.0. The first-order valence-electron chi connectivity index (χ1n) is 15.0. The molecule has 0 fully saturated rings. The summed E-state index contributed by atoms with van der Waals surface area (Å²) in [6, 6.07) is 25.3. The summed E-state index contributed by atoms with van der Waals surface area (Å²) in [6.07, 6.45) is 0. The standard InChI is InChI=1S/C18H20N2O2.C18H22N2/c1-11(2)17-16(20(21)22)10-9-15-18(17)13-7-5-6-8-14(13)19(15)12(3)4;1-11(2)17-14(19)9-10-16-18(17)13-7-5-6-8-15(13)20(16)12(3)4/h5-12H,1-4H3;5-12H,19H2,1-4H3. The van der Waals surface area contributed by atoms with Crippen molar-refractivity contribution in [2.75, 3.05) is 5.73 Å². The molecule has 0 radical (unpaired) electrons. The topological polar surface area (TPSA) is 79.0 Å². The van der Waals surface area contributed by atoms with Gasteiger partial charge in [-0.1, -0.05) is 64.1 Å². The molecule has 0 spiro atoms. The van der Waals surface area contributed by atoms with E-state index in [9.17, 15) is 10.1 Å². The van der Waals surface area contributed by atoms with E-state index < -0.39 is 0 Å². The maximum Gasteiger partial charge on any atom is 0.273 e. The van der Waals surface area contributed by atoms with Gasteiger partial charge in [-0.2, -0.15) is 0 Å². The number of aromatic nitrogens is 2. The normalized spacial score (nSPS) is 12.0. The smallest absolute Gasteiger partial charge is 0.273 e. The van der Waals surface area contributed by atoms with E-state index in [-0.39, 0.29) is 16.5 Å². The maximum atomic E-state index is 11.4. The van der Waals surface area contributed by atoms with Crippen LogP contribution in [0.15, 0.2) is 72.8 Å². The highest BCUT2D eigenvalue weighted by molar-refractivity contribution is 6.12. The molecule has 2 N–H and O–H groups in total. The summed E-state index contributed by atoms with van der Waals surface area (Å²) >= 11 is 0. The molecule has 0 unspecified atom stereocenters. The third-order valence-electron chi connectivity index (χ3n) is 8.23. The number of fused-ring (bicyclic) bond motifs is 6. The van der Waals surface area contributed by atoms with Crippen LogP contribution in [0.5, 0.6) is 0 Å². The van der Waals surface area contributed by atoms with E-state index >= 15 is 0 Å². The van der Waals surface area contributed by atoms with Crippen LogP contribution in [-0.2, 0) is 0 Å². The van der Waals surface area contributed by atoms with Gasteiger partial charge >= 0.3 is 0 Å². The molecule has 0 bridgehead atoms. The van der Waals surface area contributed by atoms with Gasteiger partial charge in [0.2, 0.25) is 0 Å². The lowest BCUT2D eigenvalue weighted by Gasteiger charge is -2.14. The summed E-state index contributed by atoms with van der Waals surface area (Å²) in [5.74, 6) is 0.514. The second-order valence-electron chi connectivity index (χ2n) is 12.4. The second kappa shape index (κ2) is 11.2. The molecule has 4 aromatic carbocycles. The van der Waals surface area contributed by atoms with Crippen LogP contribution in [0.2, 0.25) is 0 Å². The highest BCUT2D eigenvalue weighted by atomic mass is 16.6. The van der Waals surface area contributed by atoms with Crippen molar-refractivity contribution in [3.63, 3.8) is 0 Å². The minimum atomic E-state index is -0.268. The highest BCUT2D eigenvalue weighted by Crippen LogP contribution is 2.41. The van der Waals surface area contributed by atoms with E-state index in [0.29, 0.717) is 18.0 Å². The SMILES string of the molecule is CC(C)c1c(N)ccc2c1c1ccccc1n2C(C)C.CC(C)c1c([N+](=O)[O-])ccc2c1c1ccccc1n2C(C)C. The second-order valence-corrected chi connectivity index (χ2v) is 12.4. The van der Waals surface area contributed by atoms with Gasteiger partial charge in [0.1, 0.15) is 0 Å². The molecule has 218 valence electrons. The molecule has 6 aromatic rings. The fourth-order valence-corrected chi connectivity index (χ4v) is 6.72. The first kappa shape index (κ1) is 29.2. The third-order valence-corrected chi connectivity index (χ3v) is 8.23. The van der Waals surface area contributed by atoms with Crippen molar-refractivity contribution < 1.29 is 4.92 Å². The number of benzene rings is 4. The number of nitrogens with zero attached hydrogens (tertiary/aromatic N) is 3. The number of nitro benzene ring substituents is 1. The van der Waals surface area contributed by atoms with Crippen molar-refractivity contribution in [3.05, 3.63) is 94.0 Å². The van der Waals surface area contributed by atoms with Crippen molar-refractivity contribution in [3.8, 4) is 0 Å². The molecule has 0 aliphatic heterocycles. The number of nitro groups is 1. The number of hydrogen-bond donors (Lipinski definition) is 1. The van der Waals surface area contributed by atoms with Gasteiger partial charge in [0.25, 0.3) is 5.69 Å². The van der Waals surface area contributed by atoms with Gasteiger partial charge in [-0.3, -0.25) is 10.1 Å². The van der Waals surface area contributed by atoms with Crippen molar-refractivity contribution in [2.24, 2.45) is 0 Å². The molecule has 6 heteroatoms. The molecule has 0 saturated carbocycles. The van der Waals surface area contributed by atoms with Crippen LogP contribution in [-0.4, -0.2) is 14.1 Å². The lowest BCUT2D eigenvalue weighted by Crippen LogP contribution is -2.01. The highest BCUT2D eigenvalue weighted by Gasteiger charge is 2.24. The number of rotatable bonds is 5. The maximum absolute atomic E-state index is 11.4. The molecule has 2 aromatic heterocycles. The molecular weight excluding hydrogens is 520 g/mol. The average Bonchev–Trinajstić information content (AvgIpc) is 3.45. The molecule has 0 aliphatic rings. The minimum Gasteiger partial charge on any atom is -0.398 e. The average molecular weight is 563 g/mol. The molecule has 0 atom stereocenters. The van der Waals surface area contributed by atoms with E-state index in [1.807, 2.05) is 32.0 Å². The van der Waals surface area contributed by atoms with Gasteiger partial charge in [-0.05, 0) is 75.4 Å². The minimum absolute atomic E-state index is 0.0931. The lowest BCUT2D eigenvalue weighted by atomic mass is 9.95. The monoisotopic (exact) mass is 562 g/mol. The summed E-state index contributed by atoms with van der Waals surface area (Å²) in [4.78, 5) is 11.2. The van der Waals surface area contributed by atoms with E-state index in [1.54, 1.807) is 6.07 Å². The zero-order valence-corrected chi connectivity index (χ0v) is 26.0. The van der Waals surface area contributed by atoms with E-state index in [2.05, 4.69) is 99.2 Å². The fraction of sp³-hybridized carbons (Fsp3) is 0.333. The summed E-state index contributed by atoms with van der Waals surface area (Å²) in [5.41, 5.74) is 14.3. The van der Waals surface area contributed by atoms with Crippen molar-refractivity contribution >= 4 is 55.0 Å². The van der Waals surface area contributed by atoms with Crippen LogP contribution >= 0.6 is 0 Å². The van der Waals surface area contributed by atoms with Gasteiger partial charge < -0.3 is 14.9 Å². The molecule has 0 saturated heterocycles. The Morgan fingerprint density at radius 3 is 1.45 bits per heavy atom. The number of nitrogen functional groups attached to an aromatic ring is 1. The molecule has 0 amide bonds. The Balaban J connectivity index is 0.000000169. The summed E-state index contributed by atoms with van der Waals surface area (Å²) in [7, 11) is 0. The van der Waals surface area contributed by atoms with Gasteiger partial charge in [0.05, 0.1) is 10.4 Å². The Morgan fingerprint density at radius 2 is 1.02 bits per heavy atom. The van der Waals surface area contributed by atoms with E-state index in [1.165, 1.54) is 27.4 Å². The van der Waals surface area contributed by atoms with Gasteiger partial charge in [-0.15, -0.1) is 0 Å². The Labute approximate surface area is 247 Å². The molecule has 0 aliphatic carbocycles. The van der Waals surface area contributed by atoms with Crippen molar-refractivity contribution in [2.45, 2.75) is 79.3 Å². The molecule has 2 heterocycles. The van der Waals surface area contributed by atoms with Crippen LogP contribution in [0.1, 0.15) is 90.4 Å². The Hall–Kier alpha value is -4.32. The molecule has 6 rings (SSSR count). The number of nitrogens with two attached hydrogens (primary N) is 1. The molecular formula is C36H42N4O2. The van der Waals surface area contributed by atoms with Gasteiger partial charge in [-0.25, -0.2) is 0 Å². The number of anilines is 1. The fourth-order valence-electron chi connectivity index (χ4n) is 6.72. The third kappa shape index (κ3) is 4.69. The summed E-state index contributed by atoms with van der Waals surface area (Å²) in [5, 5.41) is 16.2. The first-order valence-corrected chi connectivity index (χ1v) is 15.0. The predicted molar refractivity (Wildman–Crippen MR) is 179 cm³/mol. The van der Waals surface area contributed by atoms with Crippen molar-refractivity contribution in [1.82, 2.24) is 9.13 Å². The van der Waals surface area contributed by atoms with Gasteiger partial charge in [0, 0.05) is 67.5 Å². The van der Waals surface area contributed by atoms with Crippen LogP contribution < -0.4 is 5.73 Å². The molecule has 42 heavy (non-hydrogen) atoms. The van der Waals surface area contributed by atoms with E-state index in [4.69, 9.17) is 5.73 Å². The predicted octanol–water partition coefficient (Wildman–Crippen LogP) is 10.5. The summed E-state index contributed by atoms with van der Waals surface area (Å²) in [6.45, 7) is 17.2. The van der Waals surface area contributed by atoms with Crippen LogP contribution in [0.4, 0.5) is 11.4 Å². The van der Waals surface area contributed by atoms with Crippen LogP contribution in [0, 0.1) is 10.1 Å². The first-order chi connectivity index (χ1) is 20.0. The lowest BCUT2D eigenvalue weighted by molar-refractivity contribution is -0.385. The van der Waals surface area contributed by atoms with Crippen molar-refractivity contribution in [1.29, 1.82) is 0 Å². The number of hydrogen-bond acceptors (Lipinski definition) is 3. The zero-order chi connectivity index (χ0) is 30.5. The summed E-state index contributed by atoms with van der Waals surface area (Å²) < 4.78 is 4.68. The largest absolute Gasteiger partial charge is 0.398 e. The molecule has 6 nitrogen and oxygen atoms in total. The van der Waals surface area contributed by atoms with Crippen LogP contribution in [0.25, 0.3) is 43.6 Å². The quantitative estimate of drug-likeness (QED) is 0.129. The Morgan fingerprint density at radius 1 is 0.595 bits per heavy atom. The van der Waals surface area contributed by atoms with Gasteiger partial charge in [0.15, 0.2) is 0 Å².